The molecule has 0 saturated heterocycles. The van der Waals surface area contributed by atoms with Gasteiger partial charge in [-0.05, 0) is 26.4 Å². The van der Waals surface area contributed by atoms with Gasteiger partial charge in [0.25, 0.3) is 0 Å². The van der Waals surface area contributed by atoms with Crippen molar-refractivity contribution < 1.29 is 4.74 Å². The van der Waals surface area contributed by atoms with Crippen molar-refractivity contribution in [1.29, 1.82) is 0 Å². The van der Waals surface area contributed by atoms with Crippen molar-refractivity contribution in [3.05, 3.63) is 0 Å². The second-order valence-corrected chi connectivity index (χ2v) is 5.45. The molecule has 0 atom stereocenters. The molecule has 0 aromatic carbocycles. The molecule has 2 N–H and O–H groups in total. The van der Waals surface area contributed by atoms with E-state index in [1.165, 1.54) is 0 Å². The van der Waals surface area contributed by atoms with E-state index in [1.54, 1.807) is 7.05 Å². The zero-order valence-corrected chi connectivity index (χ0v) is 15.6. The van der Waals surface area contributed by atoms with Crippen LogP contribution < -0.4 is 10.6 Å². The van der Waals surface area contributed by atoms with Crippen LogP contribution in [-0.4, -0.2) is 64.9 Å². The van der Waals surface area contributed by atoms with E-state index in [0.717, 1.165) is 32.2 Å². The third-order valence-corrected chi connectivity index (χ3v) is 2.45. The highest BCUT2D eigenvalue weighted by Crippen LogP contribution is 2.13. The normalized spacial score (nSPS) is 12.3. The first-order valence-corrected chi connectivity index (χ1v) is 6.58. The minimum absolute atomic E-state index is 0. The molecule has 0 aromatic heterocycles. The highest BCUT2D eigenvalue weighted by molar-refractivity contribution is 14.0. The molecule has 0 aliphatic carbocycles. The number of nitrogens with zero attached hydrogens (tertiary/aromatic N) is 2. The maximum atomic E-state index is 5.27. The first-order valence-electron chi connectivity index (χ1n) is 6.58. The molecule has 5 nitrogen and oxygen atoms in total. The highest BCUT2D eigenvalue weighted by Gasteiger charge is 2.18. The number of rotatable bonds is 8. The van der Waals surface area contributed by atoms with Crippen LogP contribution >= 0.6 is 24.0 Å². The predicted molar refractivity (Wildman–Crippen MR) is 93.6 cm³/mol. The Balaban J connectivity index is 0. The Morgan fingerprint density at radius 3 is 2.37 bits per heavy atom. The Labute approximate surface area is 135 Å². The van der Waals surface area contributed by atoms with Crippen LogP contribution in [0.3, 0.4) is 0 Å². The Hall–Kier alpha value is -0.0800. The van der Waals surface area contributed by atoms with Crippen molar-refractivity contribution in [3.8, 4) is 0 Å². The first-order chi connectivity index (χ1) is 8.41. The van der Waals surface area contributed by atoms with E-state index in [0.29, 0.717) is 6.61 Å². The molecule has 0 aromatic rings. The lowest BCUT2D eigenvalue weighted by Crippen LogP contribution is -2.45. The SMILES string of the molecule is CCOCCNC(=NC)NCC(C)(C)CN(C)C.I. The Morgan fingerprint density at radius 1 is 1.26 bits per heavy atom. The molecular weight excluding hydrogens is 355 g/mol. The van der Waals surface area contributed by atoms with E-state index >= 15 is 0 Å². The lowest BCUT2D eigenvalue weighted by atomic mass is 9.93. The number of nitrogens with one attached hydrogen (secondary N) is 2. The molecule has 0 aliphatic rings. The largest absolute Gasteiger partial charge is 0.380 e. The van der Waals surface area contributed by atoms with Crippen LogP contribution in [0, 0.1) is 5.41 Å². The maximum Gasteiger partial charge on any atom is 0.191 e. The average molecular weight is 386 g/mol. The number of hydrogen-bond acceptors (Lipinski definition) is 3. The molecule has 0 bridgehead atoms. The fourth-order valence-electron chi connectivity index (χ4n) is 1.84. The standard InChI is InChI=1S/C13H30N4O.HI/c1-7-18-9-8-15-12(14-4)16-10-13(2,3)11-17(5)6;/h7-11H2,1-6H3,(H2,14,15,16);1H. The minimum Gasteiger partial charge on any atom is -0.380 e. The van der Waals surface area contributed by atoms with E-state index in [2.05, 4.69) is 48.5 Å². The van der Waals surface area contributed by atoms with Crippen LogP contribution in [0.1, 0.15) is 20.8 Å². The second kappa shape index (κ2) is 11.7. The zero-order valence-electron chi connectivity index (χ0n) is 13.2. The van der Waals surface area contributed by atoms with Gasteiger partial charge in [-0.2, -0.15) is 0 Å². The summed E-state index contributed by atoms with van der Waals surface area (Å²) in [5.74, 6) is 0.835. The second-order valence-electron chi connectivity index (χ2n) is 5.45. The first kappa shape index (κ1) is 21.2. The van der Waals surface area contributed by atoms with E-state index in [-0.39, 0.29) is 29.4 Å². The lowest BCUT2D eigenvalue weighted by molar-refractivity contribution is 0.152. The number of aliphatic imine (C=N–C) groups is 1. The van der Waals surface area contributed by atoms with E-state index in [1.807, 2.05) is 6.92 Å². The summed E-state index contributed by atoms with van der Waals surface area (Å²) in [7, 11) is 5.97. The van der Waals surface area contributed by atoms with Gasteiger partial charge in [0.05, 0.1) is 6.61 Å². The maximum absolute atomic E-state index is 5.27. The molecule has 0 saturated carbocycles. The summed E-state index contributed by atoms with van der Waals surface area (Å²) in [4.78, 5) is 6.39. The van der Waals surface area contributed by atoms with E-state index in [4.69, 9.17) is 4.74 Å². The number of halogens is 1. The summed E-state index contributed by atoms with van der Waals surface area (Å²) in [5, 5.41) is 6.58. The monoisotopic (exact) mass is 386 g/mol. The van der Waals surface area contributed by atoms with E-state index in [9.17, 15) is 0 Å². The quantitative estimate of drug-likeness (QED) is 0.287. The fraction of sp³-hybridized carbons (Fsp3) is 0.923. The van der Waals surface area contributed by atoms with Crippen LogP contribution in [0.4, 0.5) is 0 Å². The van der Waals surface area contributed by atoms with Crippen LogP contribution in [0.5, 0.6) is 0 Å². The Bertz CT molecular complexity index is 245. The van der Waals surface area contributed by atoms with Gasteiger partial charge in [-0.3, -0.25) is 4.99 Å². The Morgan fingerprint density at radius 2 is 1.89 bits per heavy atom. The van der Waals surface area contributed by atoms with Crippen LogP contribution in [0.2, 0.25) is 0 Å². The summed E-state index contributed by atoms with van der Waals surface area (Å²) in [6.45, 7) is 10.6. The van der Waals surface area contributed by atoms with Gasteiger partial charge in [0.2, 0.25) is 0 Å². The van der Waals surface area contributed by atoms with Crippen molar-refractivity contribution in [3.63, 3.8) is 0 Å². The molecule has 0 rings (SSSR count). The van der Waals surface area contributed by atoms with Crippen molar-refractivity contribution in [2.24, 2.45) is 10.4 Å². The third-order valence-electron chi connectivity index (χ3n) is 2.45. The van der Waals surface area contributed by atoms with Crippen LogP contribution in [0.25, 0.3) is 0 Å². The van der Waals surface area contributed by atoms with Crippen LogP contribution in [-0.2, 0) is 4.74 Å². The summed E-state index contributed by atoms with van der Waals surface area (Å²) in [6, 6.07) is 0. The molecule has 0 fully saturated rings. The van der Waals surface area contributed by atoms with Gasteiger partial charge in [-0.15, -0.1) is 24.0 Å². The number of ether oxygens (including phenoxy) is 1. The number of hydrogen-bond donors (Lipinski definition) is 2. The summed E-state index contributed by atoms with van der Waals surface area (Å²) in [5.41, 5.74) is 0.209. The molecule has 19 heavy (non-hydrogen) atoms. The van der Waals surface area contributed by atoms with Crippen molar-refractivity contribution in [2.75, 3.05) is 54.0 Å². The smallest absolute Gasteiger partial charge is 0.191 e. The summed E-state index contributed by atoms with van der Waals surface area (Å²) >= 11 is 0. The number of guanidine groups is 1. The molecular formula is C13H31IN4O. The summed E-state index contributed by atoms with van der Waals surface area (Å²) < 4.78 is 5.27. The van der Waals surface area contributed by atoms with Gasteiger partial charge in [0.15, 0.2) is 5.96 Å². The van der Waals surface area contributed by atoms with Gasteiger partial charge < -0.3 is 20.3 Å². The van der Waals surface area contributed by atoms with Gasteiger partial charge in [0, 0.05) is 33.3 Å². The van der Waals surface area contributed by atoms with Gasteiger partial charge in [0.1, 0.15) is 0 Å². The molecule has 0 radical (unpaired) electrons. The molecule has 0 unspecified atom stereocenters. The third kappa shape index (κ3) is 12.7. The van der Waals surface area contributed by atoms with Gasteiger partial charge >= 0.3 is 0 Å². The molecule has 116 valence electrons. The van der Waals surface area contributed by atoms with Crippen molar-refractivity contribution in [1.82, 2.24) is 15.5 Å². The predicted octanol–water partition coefficient (Wildman–Crippen LogP) is 1.39. The molecule has 0 heterocycles. The average Bonchev–Trinajstić information content (AvgIpc) is 2.26. The van der Waals surface area contributed by atoms with E-state index < -0.39 is 0 Å². The van der Waals surface area contributed by atoms with Crippen molar-refractivity contribution in [2.45, 2.75) is 20.8 Å². The van der Waals surface area contributed by atoms with Crippen LogP contribution in [0.15, 0.2) is 4.99 Å². The van der Waals surface area contributed by atoms with Gasteiger partial charge in [-0.1, -0.05) is 13.8 Å². The summed E-state index contributed by atoms with van der Waals surface area (Å²) in [6.07, 6.45) is 0. The molecule has 0 spiro atoms. The topological polar surface area (TPSA) is 48.9 Å². The molecule has 0 aliphatic heterocycles. The van der Waals surface area contributed by atoms with Gasteiger partial charge in [-0.25, -0.2) is 0 Å². The Kier molecular flexibility index (Phi) is 13.1. The molecule has 6 heteroatoms. The lowest BCUT2D eigenvalue weighted by Gasteiger charge is -2.29. The minimum atomic E-state index is 0. The molecule has 0 amide bonds. The fourth-order valence-corrected chi connectivity index (χ4v) is 1.84. The zero-order chi connectivity index (χ0) is 14.0. The highest BCUT2D eigenvalue weighted by atomic mass is 127. The van der Waals surface area contributed by atoms with Crippen molar-refractivity contribution >= 4 is 29.9 Å².